The Morgan fingerprint density at radius 3 is 2.58 bits per heavy atom. The molecule has 0 fully saturated rings. The van der Waals surface area contributed by atoms with Gasteiger partial charge in [0.05, 0.1) is 12.4 Å². The van der Waals surface area contributed by atoms with E-state index in [1.807, 2.05) is 18.2 Å². The smallest absolute Gasteiger partial charge is 0.147 e. The van der Waals surface area contributed by atoms with Crippen LogP contribution in [0.4, 0.5) is 11.6 Å². The molecule has 4 heteroatoms. The Morgan fingerprint density at radius 1 is 1.11 bits per heavy atom. The van der Waals surface area contributed by atoms with Crippen molar-refractivity contribution >= 4 is 11.6 Å². The van der Waals surface area contributed by atoms with Crippen LogP contribution in [-0.2, 0) is 0 Å². The average molecular weight is 256 g/mol. The average Bonchev–Trinajstić information content (AvgIpc) is 2.46. The first-order valence-corrected chi connectivity index (χ1v) is 6.67. The normalized spacial score (nSPS) is 11.9. The highest BCUT2D eigenvalue weighted by Gasteiger charge is 2.06. The number of nitrogens with one attached hydrogen (secondary N) is 2. The first kappa shape index (κ1) is 13.3. The van der Waals surface area contributed by atoms with Crippen molar-refractivity contribution in [3.63, 3.8) is 0 Å². The minimum atomic E-state index is 0.205. The molecule has 0 aliphatic rings. The van der Waals surface area contributed by atoms with E-state index in [-0.39, 0.29) is 6.04 Å². The van der Waals surface area contributed by atoms with Crippen molar-refractivity contribution in [2.45, 2.75) is 26.3 Å². The number of hydrogen-bond acceptors (Lipinski definition) is 4. The van der Waals surface area contributed by atoms with Gasteiger partial charge in [-0.3, -0.25) is 4.98 Å². The lowest BCUT2D eigenvalue weighted by Gasteiger charge is -2.15. The molecule has 19 heavy (non-hydrogen) atoms. The molecule has 1 heterocycles. The molecule has 100 valence electrons. The number of anilines is 2. The van der Waals surface area contributed by atoms with Crippen LogP contribution in [0, 0.1) is 0 Å². The van der Waals surface area contributed by atoms with Crippen LogP contribution in [0.25, 0.3) is 0 Å². The third-order valence-electron chi connectivity index (χ3n) is 2.85. The van der Waals surface area contributed by atoms with E-state index in [0.717, 1.165) is 24.6 Å². The van der Waals surface area contributed by atoms with Crippen molar-refractivity contribution < 1.29 is 0 Å². The molecule has 0 radical (unpaired) electrons. The van der Waals surface area contributed by atoms with Crippen LogP contribution < -0.4 is 10.6 Å². The third kappa shape index (κ3) is 3.95. The van der Waals surface area contributed by atoms with Gasteiger partial charge in [0.15, 0.2) is 0 Å². The summed E-state index contributed by atoms with van der Waals surface area (Å²) in [6, 6.07) is 10.5. The lowest BCUT2D eigenvalue weighted by atomic mass is 10.1. The Morgan fingerprint density at radius 2 is 1.84 bits per heavy atom. The van der Waals surface area contributed by atoms with Gasteiger partial charge in [-0.15, -0.1) is 0 Å². The van der Waals surface area contributed by atoms with Gasteiger partial charge in [0.2, 0.25) is 0 Å². The zero-order valence-corrected chi connectivity index (χ0v) is 11.4. The van der Waals surface area contributed by atoms with Crippen LogP contribution in [-0.4, -0.2) is 16.5 Å². The lowest BCUT2D eigenvalue weighted by molar-refractivity contribution is 0.870. The molecular formula is C15H20N4. The standard InChI is InChI=1S/C15H20N4/c1-3-9-17-14-10-16-11-15(19-14)18-12(2)13-7-5-4-6-8-13/h4-8,10-12H,3,9H2,1-2H3,(H2,17,18,19). The largest absolute Gasteiger partial charge is 0.369 e. The molecule has 1 aromatic heterocycles. The van der Waals surface area contributed by atoms with Crippen molar-refractivity contribution in [3.05, 3.63) is 48.3 Å². The molecule has 0 amide bonds. The van der Waals surface area contributed by atoms with Crippen molar-refractivity contribution in [1.29, 1.82) is 0 Å². The van der Waals surface area contributed by atoms with Gasteiger partial charge in [-0.2, -0.15) is 0 Å². The predicted molar refractivity (Wildman–Crippen MR) is 79.3 cm³/mol. The van der Waals surface area contributed by atoms with E-state index in [1.165, 1.54) is 5.56 Å². The van der Waals surface area contributed by atoms with Crippen LogP contribution in [0.15, 0.2) is 42.7 Å². The molecule has 0 aliphatic carbocycles. The van der Waals surface area contributed by atoms with Gasteiger partial charge >= 0.3 is 0 Å². The zero-order chi connectivity index (χ0) is 13.5. The maximum Gasteiger partial charge on any atom is 0.147 e. The molecule has 1 atom stereocenters. The monoisotopic (exact) mass is 256 g/mol. The van der Waals surface area contributed by atoms with Gasteiger partial charge in [-0.1, -0.05) is 37.3 Å². The SMILES string of the molecule is CCCNc1cncc(NC(C)c2ccccc2)n1. The first-order chi connectivity index (χ1) is 9.29. The minimum absolute atomic E-state index is 0.205. The number of aromatic nitrogens is 2. The maximum absolute atomic E-state index is 4.49. The zero-order valence-electron chi connectivity index (χ0n) is 11.4. The van der Waals surface area contributed by atoms with Gasteiger partial charge in [-0.25, -0.2) is 4.98 Å². The molecule has 2 N–H and O–H groups in total. The van der Waals surface area contributed by atoms with Gasteiger partial charge in [0.25, 0.3) is 0 Å². The van der Waals surface area contributed by atoms with Crippen LogP contribution in [0.2, 0.25) is 0 Å². The van der Waals surface area contributed by atoms with E-state index in [9.17, 15) is 0 Å². The Kier molecular flexibility index (Phi) is 4.72. The molecule has 1 unspecified atom stereocenters. The second-order valence-corrected chi connectivity index (χ2v) is 4.49. The highest BCUT2D eigenvalue weighted by Crippen LogP contribution is 2.17. The Labute approximate surface area is 114 Å². The van der Waals surface area contributed by atoms with Crippen LogP contribution >= 0.6 is 0 Å². The summed E-state index contributed by atoms with van der Waals surface area (Å²) in [5.41, 5.74) is 1.23. The third-order valence-corrected chi connectivity index (χ3v) is 2.85. The second kappa shape index (κ2) is 6.73. The molecule has 2 rings (SSSR count). The van der Waals surface area contributed by atoms with Gasteiger partial charge < -0.3 is 10.6 Å². The molecule has 2 aromatic rings. The van der Waals surface area contributed by atoms with Crippen LogP contribution in [0.5, 0.6) is 0 Å². The fraction of sp³-hybridized carbons (Fsp3) is 0.333. The fourth-order valence-corrected chi connectivity index (χ4v) is 1.82. The molecule has 0 saturated carbocycles. The fourth-order valence-electron chi connectivity index (χ4n) is 1.82. The van der Waals surface area contributed by atoms with Crippen molar-refractivity contribution in [2.24, 2.45) is 0 Å². The number of nitrogens with zero attached hydrogens (tertiary/aromatic N) is 2. The summed E-state index contributed by atoms with van der Waals surface area (Å²) < 4.78 is 0. The van der Waals surface area contributed by atoms with Gasteiger partial charge in [-0.05, 0) is 18.9 Å². The molecule has 4 nitrogen and oxygen atoms in total. The number of hydrogen-bond donors (Lipinski definition) is 2. The number of rotatable bonds is 6. The summed E-state index contributed by atoms with van der Waals surface area (Å²) in [6.07, 6.45) is 4.56. The minimum Gasteiger partial charge on any atom is -0.369 e. The molecular weight excluding hydrogens is 236 g/mol. The molecule has 0 saturated heterocycles. The van der Waals surface area contributed by atoms with E-state index in [4.69, 9.17) is 0 Å². The van der Waals surface area contributed by atoms with Crippen LogP contribution in [0.3, 0.4) is 0 Å². The Hall–Kier alpha value is -2.10. The van der Waals surface area contributed by atoms with Crippen molar-refractivity contribution in [3.8, 4) is 0 Å². The summed E-state index contributed by atoms with van der Waals surface area (Å²) in [7, 11) is 0. The van der Waals surface area contributed by atoms with E-state index < -0.39 is 0 Å². The summed E-state index contributed by atoms with van der Waals surface area (Å²) >= 11 is 0. The van der Waals surface area contributed by atoms with Gasteiger partial charge in [0.1, 0.15) is 11.6 Å². The van der Waals surface area contributed by atoms with Gasteiger partial charge in [0, 0.05) is 12.6 Å². The first-order valence-electron chi connectivity index (χ1n) is 6.67. The summed E-state index contributed by atoms with van der Waals surface area (Å²) in [4.78, 5) is 8.69. The molecule has 1 aromatic carbocycles. The summed E-state index contributed by atoms with van der Waals surface area (Å²) in [5, 5.41) is 6.60. The van der Waals surface area contributed by atoms with Crippen molar-refractivity contribution in [2.75, 3.05) is 17.2 Å². The Bertz CT molecular complexity index is 499. The maximum atomic E-state index is 4.49. The number of benzene rings is 1. The predicted octanol–water partition coefficient (Wildman–Crippen LogP) is 3.47. The highest BCUT2D eigenvalue weighted by atomic mass is 15.1. The summed E-state index contributed by atoms with van der Waals surface area (Å²) in [5.74, 6) is 1.60. The molecule has 0 aliphatic heterocycles. The molecule has 0 bridgehead atoms. The topological polar surface area (TPSA) is 49.8 Å². The highest BCUT2D eigenvalue weighted by molar-refractivity contribution is 5.43. The Balaban J connectivity index is 2.02. The quantitative estimate of drug-likeness (QED) is 0.831. The van der Waals surface area contributed by atoms with E-state index in [1.54, 1.807) is 12.4 Å². The van der Waals surface area contributed by atoms with E-state index in [2.05, 4.69) is 46.6 Å². The second-order valence-electron chi connectivity index (χ2n) is 4.49. The molecule has 0 spiro atoms. The van der Waals surface area contributed by atoms with E-state index >= 15 is 0 Å². The van der Waals surface area contributed by atoms with E-state index in [0.29, 0.717) is 0 Å². The van der Waals surface area contributed by atoms with Crippen molar-refractivity contribution in [1.82, 2.24) is 9.97 Å². The van der Waals surface area contributed by atoms with Crippen LogP contribution in [0.1, 0.15) is 31.9 Å². The lowest BCUT2D eigenvalue weighted by Crippen LogP contribution is -2.10. The summed E-state index contributed by atoms with van der Waals surface area (Å²) in [6.45, 7) is 5.15.